The number of aliphatic hydroxyl groups is 1. The number of hydrogen-bond donors (Lipinski definition) is 1. The van der Waals surface area contributed by atoms with E-state index in [1.54, 1.807) is 6.20 Å². The Hall–Kier alpha value is -1.40. The van der Waals surface area contributed by atoms with Gasteiger partial charge in [0.2, 0.25) is 5.88 Å². The van der Waals surface area contributed by atoms with E-state index in [1.807, 2.05) is 0 Å². The third kappa shape index (κ3) is 2.15. The summed E-state index contributed by atoms with van der Waals surface area (Å²) in [5.74, 6) is 0.371. The predicted octanol–water partition coefficient (Wildman–Crippen LogP) is 1.02. The average molecular weight is 266 g/mol. The van der Waals surface area contributed by atoms with Gasteiger partial charge in [0.15, 0.2) is 0 Å². The number of rotatable bonds is 3. The minimum atomic E-state index is -0.971. The van der Waals surface area contributed by atoms with E-state index < -0.39 is 5.60 Å². The number of aromatic nitrogens is 2. The molecule has 6 heteroatoms. The van der Waals surface area contributed by atoms with Gasteiger partial charge < -0.3 is 19.3 Å². The smallest absolute Gasteiger partial charge is 0.319 e. The van der Waals surface area contributed by atoms with E-state index in [9.17, 15) is 5.11 Å². The van der Waals surface area contributed by atoms with Crippen molar-refractivity contribution in [3.8, 4) is 11.9 Å². The first-order chi connectivity index (χ1) is 9.14. The Balaban J connectivity index is 1.96. The van der Waals surface area contributed by atoms with Gasteiger partial charge in [-0.25, -0.2) is 4.98 Å². The molecular weight excluding hydrogens is 248 g/mol. The largest absolute Gasteiger partial charge is 0.481 e. The molecule has 0 spiro atoms. The summed E-state index contributed by atoms with van der Waals surface area (Å²) in [4.78, 5) is 8.23. The first-order valence-corrected chi connectivity index (χ1v) is 6.48. The quantitative estimate of drug-likeness (QED) is 0.880. The number of hydrogen-bond acceptors (Lipinski definition) is 6. The number of nitrogens with zero attached hydrogens (tertiary/aromatic N) is 2. The molecule has 3 heterocycles. The van der Waals surface area contributed by atoms with E-state index >= 15 is 0 Å². The van der Waals surface area contributed by atoms with Crippen LogP contribution in [-0.4, -0.2) is 41.5 Å². The molecule has 2 atom stereocenters. The van der Waals surface area contributed by atoms with Gasteiger partial charge in [-0.3, -0.25) is 0 Å². The highest BCUT2D eigenvalue weighted by Gasteiger charge is 2.46. The lowest BCUT2D eigenvalue weighted by Crippen LogP contribution is -2.39. The minimum Gasteiger partial charge on any atom is -0.481 e. The molecule has 3 rings (SSSR count). The van der Waals surface area contributed by atoms with E-state index in [2.05, 4.69) is 9.97 Å². The van der Waals surface area contributed by atoms with Gasteiger partial charge in [0.1, 0.15) is 5.60 Å². The number of methoxy groups -OCH3 is 2. The van der Waals surface area contributed by atoms with Crippen molar-refractivity contribution < 1.29 is 19.3 Å². The molecule has 0 aromatic carbocycles. The van der Waals surface area contributed by atoms with E-state index in [0.717, 1.165) is 12.8 Å². The normalized spacial score (nSPS) is 33.2. The van der Waals surface area contributed by atoms with Crippen LogP contribution >= 0.6 is 0 Å². The Morgan fingerprint density at radius 2 is 1.95 bits per heavy atom. The topological polar surface area (TPSA) is 73.7 Å². The highest BCUT2D eigenvalue weighted by Crippen LogP contribution is 2.45. The zero-order valence-electron chi connectivity index (χ0n) is 11.1. The van der Waals surface area contributed by atoms with Crippen LogP contribution in [0.15, 0.2) is 6.20 Å². The third-order valence-corrected chi connectivity index (χ3v) is 3.94. The van der Waals surface area contributed by atoms with E-state index in [0.29, 0.717) is 24.3 Å². The molecule has 0 amide bonds. The SMILES string of the molecule is COc1ncc(C2(O)CC3CCC(C2)O3)c(OC)n1. The predicted molar refractivity (Wildman–Crippen MR) is 66.2 cm³/mol. The van der Waals surface area contributed by atoms with Gasteiger partial charge in [0.25, 0.3) is 0 Å². The molecule has 2 aliphatic rings. The second-order valence-electron chi connectivity index (χ2n) is 5.18. The Labute approximate surface area is 111 Å². The monoisotopic (exact) mass is 266 g/mol. The van der Waals surface area contributed by atoms with E-state index in [-0.39, 0.29) is 18.2 Å². The molecule has 0 saturated carbocycles. The van der Waals surface area contributed by atoms with Gasteiger partial charge in [-0.1, -0.05) is 0 Å². The second kappa shape index (κ2) is 4.61. The van der Waals surface area contributed by atoms with Crippen molar-refractivity contribution in [1.29, 1.82) is 0 Å². The van der Waals surface area contributed by atoms with Crippen LogP contribution in [0.1, 0.15) is 31.2 Å². The molecule has 2 fully saturated rings. The summed E-state index contributed by atoms with van der Waals surface area (Å²) in [6.07, 6.45) is 4.98. The van der Waals surface area contributed by atoms with Gasteiger partial charge in [-0.15, -0.1) is 0 Å². The summed E-state index contributed by atoms with van der Waals surface area (Å²) in [5, 5.41) is 10.9. The van der Waals surface area contributed by atoms with Crippen molar-refractivity contribution in [3.63, 3.8) is 0 Å². The Morgan fingerprint density at radius 1 is 1.26 bits per heavy atom. The molecular formula is C13H18N2O4. The zero-order chi connectivity index (χ0) is 13.5. The summed E-state index contributed by atoms with van der Waals surface area (Å²) in [6, 6.07) is 0.235. The molecule has 2 bridgehead atoms. The average Bonchev–Trinajstić information content (AvgIpc) is 2.77. The molecule has 104 valence electrons. The fraction of sp³-hybridized carbons (Fsp3) is 0.692. The fourth-order valence-electron chi connectivity index (χ4n) is 3.06. The first kappa shape index (κ1) is 12.6. The molecule has 1 aromatic heterocycles. The Kier molecular flexibility index (Phi) is 3.06. The minimum absolute atomic E-state index is 0.121. The summed E-state index contributed by atoms with van der Waals surface area (Å²) in [6.45, 7) is 0. The maximum atomic E-state index is 10.9. The maximum Gasteiger partial charge on any atom is 0.319 e. The van der Waals surface area contributed by atoms with Crippen LogP contribution in [-0.2, 0) is 10.3 Å². The molecule has 19 heavy (non-hydrogen) atoms. The lowest BCUT2D eigenvalue weighted by Gasteiger charge is -2.36. The van der Waals surface area contributed by atoms with Crippen LogP contribution in [0.2, 0.25) is 0 Å². The van der Waals surface area contributed by atoms with Gasteiger partial charge in [-0.2, -0.15) is 4.98 Å². The van der Waals surface area contributed by atoms with E-state index in [4.69, 9.17) is 14.2 Å². The van der Waals surface area contributed by atoms with Crippen LogP contribution in [0.5, 0.6) is 11.9 Å². The Morgan fingerprint density at radius 3 is 2.53 bits per heavy atom. The molecule has 1 N–H and O–H groups in total. The molecule has 2 aliphatic heterocycles. The Bertz CT molecular complexity index is 468. The first-order valence-electron chi connectivity index (χ1n) is 6.48. The summed E-state index contributed by atoms with van der Waals surface area (Å²) in [7, 11) is 3.03. The molecule has 2 saturated heterocycles. The summed E-state index contributed by atoms with van der Waals surface area (Å²) >= 11 is 0. The van der Waals surface area contributed by atoms with Crippen LogP contribution in [0, 0.1) is 0 Å². The maximum absolute atomic E-state index is 10.9. The molecule has 2 unspecified atom stereocenters. The molecule has 0 radical (unpaired) electrons. The standard InChI is InChI=1S/C13H18N2O4/c1-17-11-10(7-14-12(15-11)18-2)13(16)5-8-3-4-9(6-13)19-8/h7-9,16H,3-6H2,1-2H3. The molecule has 0 aliphatic carbocycles. The van der Waals surface area contributed by atoms with Crippen molar-refractivity contribution in [3.05, 3.63) is 11.8 Å². The van der Waals surface area contributed by atoms with Crippen LogP contribution < -0.4 is 9.47 Å². The van der Waals surface area contributed by atoms with Gasteiger partial charge in [-0.05, 0) is 12.8 Å². The molecule has 6 nitrogen and oxygen atoms in total. The summed E-state index contributed by atoms with van der Waals surface area (Å²) in [5.41, 5.74) is -0.349. The third-order valence-electron chi connectivity index (χ3n) is 3.94. The van der Waals surface area contributed by atoms with Crippen molar-refractivity contribution in [2.75, 3.05) is 14.2 Å². The zero-order valence-corrected chi connectivity index (χ0v) is 11.1. The number of ether oxygens (including phenoxy) is 3. The highest BCUT2D eigenvalue weighted by atomic mass is 16.5. The van der Waals surface area contributed by atoms with Crippen molar-refractivity contribution in [2.45, 2.75) is 43.5 Å². The van der Waals surface area contributed by atoms with Gasteiger partial charge in [0.05, 0.1) is 32.0 Å². The fourth-order valence-corrected chi connectivity index (χ4v) is 3.06. The van der Waals surface area contributed by atoms with Gasteiger partial charge in [0, 0.05) is 19.0 Å². The summed E-state index contributed by atoms with van der Waals surface area (Å²) < 4.78 is 16.0. The van der Waals surface area contributed by atoms with Crippen molar-refractivity contribution >= 4 is 0 Å². The van der Waals surface area contributed by atoms with E-state index in [1.165, 1.54) is 14.2 Å². The van der Waals surface area contributed by atoms with Crippen LogP contribution in [0.25, 0.3) is 0 Å². The van der Waals surface area contributed by atoms with Crippen molar-refractivity contribution in [1.82, 2.24) is 9.97 Å². The van der Waals surface area contributed by atoms with Crippen LogP contribution in [0.4, 0.5) is 0 Å². The lowest BCUT2D eigenvalue weighted by molar-refractivity contribution is -0.116. The van der Waals surface area contributed by atoms with Crippen LogP contribution in [0.3, 0.4) is 0 Å². The second-order valence-corrected chi connectivity index (χ2v) is 5.18. The van der Waals surface area contributed by atoms with Gasteiger partial charge >= 0.3 is 6.01 Å². The van der Waals surface area contributed by atoms with Crippen molar-refractivity contribution in [2.24, 2.45) is 0 Å². The number of fused-ring (bicyclic) bond motifs is 2. The highest BCUT2D eigenvalue weighted by molar-refractivity contribution is 5.32. The lowest BCUT2D eigenvalue weighted by atomic mass is 9.84. The molecule has 1 aromatic rings.